The Morgan fingerprint density at radius 1 is 0.970 bits per heavy atom. The number of hydrogen-bond donors (Lipinski definition) is 0. The van der Waals surface area contributed by atoms with Gasteiger partial charge in [0, 0.05) is 17.2 Å². The van der Waals surface area contributed by atoms with Crippen molar-refractivity contribution in [1.29, 1.82) is 0 Å². The van der Waals surface area contributed by atoms with E-state index in [4.69, 9.17) is 14.2 Å². The molecule has 1 aliphatic heterocycles. The van der Waals surface area contributed by atoms with Crippen molar-refractivity contribution in [1.82, 2.24) is 0 Å². The molecule has 1 heterocycles. The van der Waals surface area contributed by atoms with Crippen molar-refractivity contribution in [2.75, 3.05) is 37.0 Å². The molecule has 1 aliphatic rings. The molecule has 0 spiro atoms. The van der Waals surface area contributed by atoms with Gasteiger partial charge in [0.2, 0.25) is 5.76 Å². The molecule has 0 radical (unpaired) electrons. The zero-order valence-electron chi connectivity index (χ0n) is 18.6. The molecule has 0 bridgehead atoms. The van der Waals surface area contributed by atoms with Crippen LogP contribution in [0.3, 0.4) is 0 Å². The summed E-state index contributed by atoms with van der Waals surface area (Å²) < 4.78 is 16.9. The lowest BCUT2D eigenvalue weighted by atomic mass is 10.2. The Kier molecular flexibility index (Phi) is 7.93. The Bertz CT molecular complexity index is 1080. The maximum absolute atomic E-state index is 12.4. The Morgan fingerprint density at radius 3 is 2.52 bits per heavy atom. The van der Waals surface area contributed by atoms with Crippen LogP contribution in [-0.2, 0) is 9.53 Å². The molecular formula is C27H27NO4S. The van der Waals surface area contributed by atoms with Crippen molar-refractivity contribution in [2.45, 2.75) is 11.8 Å². The van der Waals surface area contributed by atoms with Gasteiger partial charge in [0.05, 0.1) is 18.8 Å². The predicted molar refractivity (Wildman–Crippen MR) is 133 cm³/mol. The highest BCUT2D eigenvalue weighted by atomic mass is 32.2. The van der Waals surface area contributed by atoms with Crippen LogP contribution in [0.2, 0.25) is 0 Å². The van der Waals surface area contributed by atoms with Crippen LogP contribution in [0.1, 0.15) is 12.5 Å². The average molecular weight is 462 g/mol. The summed E-state index contributed by atoms with van der Waals surface area (Å²) in [5.41, 5.74) is 2.10. The second-order valence-electron chi connectivity index (χ2n) is 7.36. The van der Waals surface area contributed by atoms with Gasteiger partial charge in [-0.05, 0) is 55.0 Å². The number of ether oxygens (including phenoxy) is 3. The minimum Gasteiger partial charge on any atom is -0.492 e. The summed E-state index contributed by atoms with van der Waals surface area (Å²) in [5.74, 6) is 2.09. The van der Waals surface area contributed by atoms with E-state index in [-0.39, 0.29) is 12.4 Å². The average Bonchev–Trinajstić information content (AvgIpc) is 2.85. The smallest absolute Gasteiger partial charge is 0.374 e. The largest absolute Gasteiger partial charge is 0.492 e. The number of carbonyl (C=O) groups excluding carboxylic acids is 1. The lowest BCUT2D eigenvalue weighted by molar-refractivity contribution is -0.140. The lowest BCUT2D eigenvalue weighted by Gasteiger charge is -2.30. The highest BCUT2D eigenvalue weighted by Crippen LogP contribution is 2.34. The first-order valence-electron chi connectivity index (χ1n) is 11.0. The van der Waals surface area contributed by atoms with Gasteiger partial charge in [0.1, 0.15) is 18.1 Å². The molecule has 0 saturated heterocycles. The number of thioether (sulfide) groups is 1. The number of esters is 1. The molecular weight excluding hydrogens is 434 g/mol. The number of anilines is 1. The summed E-state index contributed by atoms with van der Waals surface area (Å²) in [6, 6.07) is 25.3. The molecule has 0 amide bonds. The van der Waals surface area contributed by atoms with Crippen LogP contribution in [0, 0.1) is 0 Å². The van der Waals surface area contributed by atoms with Crippen LogP contribution in [-0.4, -0.2) is 38.0 Å². The number of benzene rings is 3. The van der Waals surface area contributed by atoms with E-state index < -0.39 is 5.97 Å². The Labute approximate surface area is 199 Å². The Hall–Kier alpha value is -3.38. The third-order valence-electron chi connectivity index (χ3n) is 5.08. The molecule has 0 N–H and O–H groups in total. The van der Waals surface area contributed by atoms with E-state index in [2.05, 4.69) is 29.2 Å². The fourth-order valence-electron chi connectivity index (χ4n) is 3.49. The van der Waals surface area contributed by atoms with Gasteiger partial charge in [-0.1, -0.05) is 42.5 Å². The van der Waals surface area contributed by atoms with E-state index in [0.29, 0.717) is 12.4 Å². The second-order valence-corrected chi connectivity index (χ2v) is 8.50. The lowest BCUT2D eigenvalue weighted by Crippen LogP contribution is -2.33. The molecule has 0 saturated carbocycles. The van der Waals surface area contributed by atoms with Gasteiger partial charge < -0.3 is 19.1 Å². The third kappa shape index (κ3) is 6.33. The highest BCUT2D eigenvalue weighted by molar-refractivity contribution is 7.99. The molecule has 0 aliphatic carbocycles. The first-order valence-corrected chi connectivity index (χ1v) is 12.0. The van der Waals surface area contributed by atoms with E-state index in [1.165, 1.54) is 10.6 Å². The molecule has 0 aromatic heterocycles. The number of fused-ring (bicyclic) bond motifs is 1. The summed E-state index contributed by atoms with van der Waals surface area (Å²) >= 11 is 1.90. The number of para-hydroxylation sites is 2. The minimum atomic E-state index is -0.498. The monoisotopic (exact) mass is 461 g/mol. The molecule has 0 atom stereocenters. The van der Waals surface area contributed by atoms with Crippen molar-refractivity contribution in [3.63, 3.8) is 0 Å². The fourth-order valence-corrected chi connectivity index (χ4v) is 4.54. The molecule has 0 fully saturated rings. The summed E-state index contributed by atoms with van der Waals surface area (Å²) in [6.07, 6.45) is 1.68. The Balaban J connectivity index is 1.37. The maximum atomic E-state index is 12.4. The minimum absolute atomic E-state index is 0.137. The van der Waals surface area contributed by atoms with E-state index in [1.54, 1.807) is 25.1 Å². The molecule has 5 nitrogen and oxygen atoms in total. The molecule has 33 heavy (non-hydrogen) atoms. The van der Waals surface area contributed by atoms with Crippen molar-refractivity contribution in [3.05, 3.63) is 90.2 Å². The number of nitrogens with zero attached hydrogens (tertiary/aromatic N) is 1. The van der Waals surface area contributed by atoms with Crippen LogP contribution in [0.4, 0.5) is 5.69 Å². The summed E-state index contributed by atoms with van der Waals surface area (Å²) in [5, 5.41) is 0. The first-order chi connectivity index (χ1) is 16.2. The van der Waals surface area contributed by atoms with Gasteiger partial charge >= 0.3 is 5.97 Å². The SMILES string of the molecule is CCOC(=O)/C(=C/c1ccc(OCCN2CCSc3ccccc32)cc1)Oc1ccccc1. The van der Waals surface area contributed by atoms with Crippen molar-refractivity contribution >= 4 is 29.5 Å². The van der Waals surface area contributed by atoms with Crippen molar-refractivity contribution < 1.29 is 19.0 Å². The van der Waals surface area contributed by atoms with Gasteiger partial charge in [0.25, 0.3) is 0 Å². The van der Waals surface area contributed by atoms with Crippen LogP contribution in [0.25, 0.3) is 6.08 Å². The van der Waals surface area contributed by atoms with E-state index in [1.807, 2.05) is 54.2 Å². The van der Waals surface area contributed by atoms with Gasteiger partial charge in [-0.2, -0.15) is 0 Å². The summed E-state index contributed by atoms with van der Waals surface area (Å²) in [7, 11) is 0. The van der Waals surface area contributed by atoms with Gasteiger partial charge in [-0.25, -0.2) is 4.79 Å². The number of hydrogen-bond acceptors (Lipinski definition) is 6. The number of rotatable bonds is 9. The van der Waals surface area contributed by atoms with Crippen molar-refractivity contribution in [3.8, 4) is 11.5 Å². The van der Waals surface area contributed by atoms with E-state index in [0.717, 1.165) is 30.2 Å². The van der Waals surface area contributed by atoms with Crippen molar-refractivity contribution in [2.24, 2.45) is 0 Å². The van der Waals surface area contributed by atoms with Gasteiger partial charge in [-0.3, -0.25) is 0 Å². The van der Waals surface area contributed by atoms with Crippen LogP contribution >= 0.6 is 11.8 Å². The molecule has 0 unspecified atom stereocenters. The van der Waals surface area contributed by atoms with E-state index in [9.17, 15) is 4.79 Å². The number of carbonyl (C=O) groups is 1. The van der Waals surface area contributed by atoms with Crippen LogP contribution in [0.15, 0.2) is 89.5 Å². The summed E-state index contributed by atoms with van der Waals surface area (Å²) in [4.78, 5) is 16.1. The quantitative estimate of drug-likeness (QED) is 0.233. The van der Waals surface area contributed by atoms with E-state index >= 15 is 0 Å². The molecule has 3 aromatic rings. The van der Waals surface area contributed by atoms with Crippen LogP contribution < -0.4 is 14.4 Å². The van der Waals surface area contributed by atoms with Gasteiger partial charge in [-0.15, -0.1) is 11.8 Å². The normalized spacial score (nSPS) is 13.2. The van der Waals surface area contributed by atoms with Crippen LogP contribution in [0.5, 0.6) is 11.5 Å². The fraction of sp³-hybridized carbons (Fsp3) is 0.222. The molecule has 4 rings (SSSR count). The molecule has 6 heteroatoms. The standard InChI is InChI=1S/C27H27NO4S/c1-2-30-27(29)25(32-23-8-4-3-5-9-23)20-21-12-14-22(15-13-21)31-18-16-28-17-19-33-26-11-7-6-10-24(26)28/h3-15,20H,2,16-19H2,1H3/b25-20-. The molecule has 170 valence electrons. The molecule has 3 aromatic carbocycles. The van der Waals surface area contributed by atoms with Gasteiger partial charge in [0.15, 0.2) is 0 Å². The first kappa shape index (κ1) is 22.8. The topological polar surface area (TPSA) is 48.0 Å². The predicted octanol–water partition coefficient (Wildman–Crippen LogP) is 5.66. The maximum Gasteiger partial charge on any atom is 0.374 e. The second kappa shape index (κ2) is 11.5. The third-order valence-corrected chi connectivity index (χ3v) is 6.12. The Morgan fingerprint density at radius 2 is 1.73 bits per heavy atom. The highest BCUT2D eigenvalue weighted by Gasteiger charge is 2.16. The summed E-state index contributed by atoms with van der Waals surface area (Å²) in [6.45, 7) is 4.50. The zero-order valence-corrected chi connectivity index (χ0v) is 19.4. The zero-order chi connectivity index (χ0) is 22.9.